The molecule has 0 fully saturated rings. The lowest BCUT2D eigenvalue weighted by Gasteiger charge is -2.24. The van der Waals surface area contributed by atoms with Gasteiger partial charge in [0, 0.05) is 34.3 Å². The summed E-state index contributed by atoms with van der Waals surface area (Å²) < 4.78 is 26.8. The van der Waals surface area contributed by atoms with E-state index in [1.165, 1.54) is 13.0 Å². The molecule has 0 unspecified atom stereocenters. The number of aliphatic hydroxyl groups is 1. The van der Waals surface area contributed by atoms with Crippen molar-refractivity contribution in [1.82, 2.24) is 10.3 Å². The maximum atomic E-state index is 13.8. The van der Waals surface area contributed by atoms with Gasteiger partial charge in [0.1, 0.15) is 17.2 Å². The fraction of sp³-hybridized carbons (Fsp3) is 0.167. The van der Waals surface area contributed by atoms with Crippen LogP contribution in [0, 0.1) is 11.6 Å². The van der Waals surface area contributed by atoms with Crippen molar-refractivity contribution in [3.63, 3.8) is 0 Å². The van der Waals surface area contributed by atoms with Gasteiger partial charge < -0.3 is 15.4 Å². The number of H-pyrrole nitrogens is 1. The average molecular weight is 330 g/mol. The van der Waals surface area contributed by atoms with E-state index in [2.05, 4.69) is 10.3 Å². The van der Waals surface area contributed by atoms with Crippen LogP contribution in [0.3, 0.4) is 0 Å². The third-order valence-corrected chi connectivity index (χ3v) is 3.92. The van der Waals surface area contributed by atoms with Crippen molar-refractivity contribution in [2.75, 3.05) is 6.54 Å². The van der Waals surface area contributed by atoms with Crippen LogP contribution in [0.15, 0.2) is 48.7 Å². The zero-order valence-corrected chi connectivity index (χ0v) is 12.9. The molecule has 0 saturated heterocycles. The number of rotatable bonds is 4. The maximum absolute atomic E-state index is 13.8. The van der Waals surface area contributed by atoms with Gasteiger partial charge in [0.25, 0.3) is 5.91 Å². The molecule has 1 aromatic heterocycles. The summed E-state index contributed by atoms with van der Waals surface area (Å²) in [7, 11) is 0. The molecular formula is C18H16F2N2O2. The molecule has 4 nitrogen and oxygen atoms in total. The number of hydrogen-bond acceptors (Lipinski definition) is 2. The summed E-state index contributed by atoms with van der Waals surface area (Å²) in [5.74, 6) is -1.97. The minimum absolute atomic E-state index is 0.0784. The molecule has 3 aromatic rings. The van der Waals surface area contributed by atoms with Crippen LogP contribution in [-0.2, 0) is 5.60 Å². The van der Waals surface area contributed by atoms with E-state index < -0.39 is 17.2 Å². The number of amides is 1. The first-order chi connectivity index (χ1) is 11.4. The number of hydrogen-bond donors (Lipinski definition) is 3. The lowest BCUT2D eigenvalue weighted by Crippen LogP contribution is -2.39. The Morgan fingerprint density at radius 1 is 1.21 bits per heavy atom. The van der Waals surface area contributed by atoms with E-state index in [0.29, 0.717) is 11.6 Å². The Bertz CT molecular complexity index is 903. The number of aromatic nitrogens is 1. The first-order valence-corrected chi connectivity index (χ1v) is 7.40. The quantitative estimate of drug-likeness (QED) is 0.688. The van der Waals surface area contributed by atoms with Gasteiger partial charge in [-0.2, -0.15) is 0 Å². The lowest BCUT2D eigenvalue weighted by molar-refractivity contribution is 0.0494. The third-order valence-electron chi connectivity index (χ3n) is 3.92. The summed E-state index contributed by atoms with van der Waals surface area (Å²) >= 11 is 0. The molecule has 1 atom stereocenters. The summed E-state index contributed by atoms with van der Waals surface area (Å²) in [4.78, 5) is 15.3. The molecule has 0 aliphatic carbocycles. The molecule has 0 radical (unpaired) electrons. The second-order valence-corrected chi connectivity index (χ2v) is 5.86. The molecule has 1 amide bonds. The highest BCUT2D eigenvalue weighted by Gasteiger charge is 2.27. The molecule has 6 heteroatoms. The van der Waals surface area contributed by atoms with Crippen molar-refractivity contribution in [2.45, 2.75) is 12.5 Å². The van der Waals surface area contributed by atoms with Crippen molar-refractivity contribution in [3.8, 4) is 0 Å². The molecule has 0 aliphatic heterocycles. The maximum Gasteiger partial charge on any atom is 0.251 e. The number of carbonyl (C=O) groups is 1. The van der Waals surface area contributed by atoms with Gasteiger partial charge in [0.15, 0.2) is 0 Å². The Balaban J connectivity index is 1.74. The zero-order valence-electron chi connectivity index (χ0n) is 12.9. The molecule has 0 spiro atoms. The largest absolute Gasteiger partial charge is 0.383 e. The summed E-state index contributed by atoms with van der Waals surface area (Å²) in [5.41, 5.74) is -0.402. The number of aromatic amines is 1. The third kappa shape index (κ3) is 3.14. The Kier molecular flexibility index (Phi) is 4.07. The Morgan fingerprint density at radius 2 is 2.00 bits per heavy atom. The van der Waals surface area contributed by atoms with Crippen LogP contribution in [0.1, 0.15) is 22.8 Å². The van der Waals surface area contributed by atoms with Crippen LogP contribution in [0.5, 0.6) is 0 Å². The van der Waals surface area contributed by atoms with E-state index >= 15 is 0 Å². The highest BCUT2D eigenvalue weighted by molar-refractivity contribution is 5.98. The topological polar surface area (TPSA) is 65.1 Å². The van der Waals surface area contributed by atoms with Gasteiger partial charge in [-0.1, -0.05) is 6.07 Å². The van der Waals surface area contributed by atoms with Gasteiger partial charge in [-0.15, -0.1) is 0 Å². The molecule has 0 bridgehead atoms. The fourth-order valence-electron chi connectivity index (χ4n) is 2.57. The zero-order chi connectivity index (χ0) is 17.3. The normalized spacial score (nSPS) is 13.7. The van der Waals surface area contributed by atoms with E-state index in [0.717, 1.165) is 17.0 Å². The minimum atomic E-state index is -1.66. The predicted molar refractivity (Wildman–Crippen MR) is 86.6 cm³/mol. The monoisotopic (exact) mass is 330 g/mol. The summed E-state index contributed by atoms with van der Waals surface area (Å²) in [6, 6.07) is 9.93. The van der Waals surface area contributed by atoms with Crippen molar-refractivity contribution < 1.29 is 18.7 Å². The number of halogens is 2. The SMILES string of the molecule is C[C@](O)(CNC(=O)c1ccc2[nH]ccc2c1)c1ccc(F)cc1F. The van der Waals surface area contributed by atoms with Crippen molar-refractivity contribution in [3.05, 3.63) is 71.4 Å². The summed E-state index contributed by atoms with van der Waals surface area (Å²) in [6.45, 7) is 1.15. The smallest absolute Gasteiger partial charge is 0.251 e. The molecule has 124 valence electrons. The van der Waals surface area contributed by atoms with Gasteiger partial charge in [0.05, 0.1) is 6.54 Å². The van der Waals surface area contributed by atoms with Crippen molar-refractivity contribution >= 4 is 16.8 Å². The minimum Gasteiger partial charge on any atom is -0.383 e. The second-order valence-electron chi connectivity index (χ2n) is 5.86. The van der Waals surface area contributed by atoms with Crippen molar-refractivity contribution in [2.24, 2.45) is 0 Å². The van der Waals surface area contributed by atoms with Gasteiger partial charge in [-0.25, -0.2) is 8.78 Å². The van der Waals surface area contributed by atoms with Crippen LogP contribution < -0.4 is 5.32 Å². The van der Waals surface area contributed by atoms with Crippen LogP contribution in [0.2, 0.25) is 0 Å². The highest BCUT2D eigenvalue weighted by Crippen LogP contribution is 2.23. The molecular weight excluding hydrogens is 314 g/mol. The lowest BCUT2D eigenvalue weighted by atomic mass is 9.95. The van der Waals surface area contributed by atoms with Crippen LogP contribution in [0.25, 0.3) is 10.9 Å². The van der Waals surface area contributed by atoms with Gasteiger partial charge >= 0.3 is 0 Å². The molecule has 24 heavy (non-hydrogen) atoms. The fourth-order valence-corrected chi connectivity index (χ4v) is 2.57. The molecule has 3 rings (SSSR count). The second kappa shape index (κ2) is 6.05. The first-order valence-electron chi connectivity index (χ1n) is 7.40. The van der Waals surface area contributed by atoms with Crippen LogP contribution >= 0.6 is 0 Å². The van der Waals surface area contributed by atoms with Crippen molar-refractivity contribution in [1.29, 1.82) is 0 Å². The van der Waals surface area contributed by atoms with Gasteiger partial charge in [-0.3, -0.25) is 4.79 Å². The number of nitrogens with one attached hydrogen (secondary N) is 2. The van der Waals surface area contributed by atoms with Crippen LogP contribution in [0.4, 0.5) is 8.78 Å². The van der Waals surface area contributed by atoms with E-state index in [1.807, 2.05) is 6.07 Å². The van der Waals surface area contributed by atoms with Crippen LogP contribution in [-0.4, -0.2) is 22.5 Å². The summed E-state index contributed by atoms with van der Waals surface area (Å²) in [5, 5.41) is 13.9. The number of benzene rings is 2. The molecule has 3 N–H and O–H groups in total. The summed E-state index contributed by atoms with van der Waals surface area (Å²) in [6.07, 6.45) is 1.77. The average Bonchev–Trinajstić information content (AvgIpc) is 2.99. The molecule has 2 aromatic carbocycles. The standard InChI is InChI=1S/C18H16F2N2O2/c1-18(24,14-4-3-13(19)9-15(14)20)10-22-17(23)12-2-5-16-11(8-12)6-7-21-16/h2-9,21,24H,10H2,1H3,(H,22,23)/t18-/m0/s1. The highest BCUT2D eigenvalue weighted by atomic mass is 19.1. The Morgan fingerprint density at radius 3 is 2.75 bits per heavy atom. The number of fused-ring (bicyclic) bond motifs is 1. The van der Waals surface area contributed by atoms with Gasteiger partial charge in [-0.05, 0) is 37.3 Å². The van der Waals surface area contributed by atoms with Gasteiger partial charge in [0.2, 0.25) is 0 Å². The number of carbonyl (C=O) groups excluding carboxylic acids is 1. The van der Waals surface area contributed by atoms with E-state index in [1.54, 1.807) is 24.4 Å². The Labute approximate surface area is 137 Å². The predicted octanol–water partition coefficient (Wildman–Crippen LogP) is 3.08. The van der Waals surface area contributed by atoms with E-state index in [4.69, 9.17) is 0 Å². The van der Waals surface area contributed by atoms with E-state index in [9.17, 15) is 18.7 Å². The van der Waals surface area contributed by atoms with E-state index in [-0.39, 0.29) is 18.0 Å². The Hall–Kier alpha value is -2.73. The molecule has 0 aliphatic rings. The first kappa shape index (κ1) is 16.1. The molecule has 1 heterocycles. The molecule has 0 saturated carbocycles.